The van der Waals surface area contributed by atoms with Gasteiger partial charge in [-0.25, -0.2) is 0 Å². The molecule has 0 bridgehead atoms. The lowest BCUT2D eigenvalue weighted by molar-refractivity contribution is -0.152. The van der Waals surface area contributed by atoms with Crippen LogP contribution in [0.15, 0.2) is 36.5 Å². The molecule has 3 rings (SSSR count). The number of alkyl halides is 3. The Morgan fingerprint density at radius 2 is 2.20 bits per heavy atom. The molecule has 2 heterocycles. The second-order valence-corrected chi connectivity index (χ2v) is 7.07. The summed E-state index contributed by atoms with van der Waals surface area (Å²) in [6.45, 7) is 0.483. The molecule has 25 heavy (non-hydrogen) atoms. The van der Waals surface area contributed by atoms with Gasteiger partial charge >= 0.3 is 6.18 Å². The minimum atomic E-state index is -4.36. The summed E-state index contributed by atoms with van der Waals surface area (Å²) >= 11 is 1.10. The Bertz CT molecular complexity index is 733. The van der Waals surface area contributed by atoms with Crippen LogP contribution in [0.4, 0.5) is 13.2 Å². The Balaban J connectivity index is 1.52. The molecule has 1 amide bonds. The van der Waals surface area contributed by atoms with Crippen LogP contribution in [0.3, 0.4) is 0 Å². The third kappa shape index (κ3) is 4.72. The lowest BCUT2D eigenvalue weighted by atomic mass is 10.2. The Hall–Kier alpha value is -2.09. The average Bonchev–Trinajstić information content (AvgIpc) is 3.23. The van der Waals surface area contributed by atoms with E-state index in [1.807, 2.05) is 18.2 Å². The van der Waals surface area contributed by atoms with Crippen molar-refractivity contribution in [3.8, 4) is 5.06 Å². The van der Waals surface area contributed by atoms with E-state index in [4.69, 9.17) is 4.74 Å². The van der Waals surface area contributed by atoms with Gasteiger partial charge in [-0.05, 0) is 37.6 Å². The topological polar surface area (TPSA) is 51.2 Å². The lowest BCUT2D eigenvalue weighted by Gasteiger charge is -2.12. The first kappa shape index (κ1) is 17.7. The highest BCUT2D eigenvalue weighted by Crippen LogP contribution is 2.47. The van der Waals surface area contributed by atoms with Gasteiger partial charge in [-0.2, -0.15) is 13.2 Å². The SMILES string of the molecule is C[C@@H](NC(=O)[C@H]1C[C@@H]1c1ccccn1)c1ccc(OCC(F)(F)F)s1. The number of rotatable bonds is 6. The normalized spacial score (nSPS) is 20.8. The zero-order valence-electron chi connectivity index (χ0n) is 13.4. The van der Waals surface area contributed by atoms with Crippen molar-refractivity contribution in [3.63, 3.8) is 0 Å². The number of amides is 1. The number of carbonyl (C=O) groups is 1. The smallest absolute Gasteiger partial charge is 0.422 e. The Morgan fingerprint density at radius 1 is 1.40 bits per heavy atom. The zero-order chi connectivity index (χ0) is 18.0. The van der Waals surface area contributed by atoms with E-state index >= 15 is 0 Å². The fourth-order valence-corrected chi connectivity index (χ4v) is 3.45. The molecule has 0 unspecified atom stereocenters. The number of aromatic nitrogens is 1. The van der Waals surface area contributed by atoms with Crippen molar-refractivity contribution < 1.29 is 22.7 Å². The van der Waals surface area contributed by atoms with E-state index in [0.717, 1.165) is 28.3 Å². The molecule has 1 aliphatic carbocycles. The summed E-state index contributed by atoms with van der Waals surface area (Å²) in [4.78, 5) is 17.3. The highest BCUT2D eigenvalue weighted by Gasteiger charge is 2.45. The summed E-state index contributed by atoms with van der Waals surface area (Å²) < 4.78 is 41.2. The first-order valence-electron chi connectivity index (χ1n) is 7.84. The van der Waals surface area contributed by atoms with Crippen LogP contribution >= 0.6 is 11.3 Å². The molecule has 1 aliphatic rings. The van der Waals surface area contributed by atoms with Gasteiger partial charge in [-0.1, -0.05) is 6.07 Å². The first-order chi connectivity index (χ1) is 11.8. The second kappa shape index (κ2) is 7.03. The van der Waals surface area contributed by atoms with Crippen LogP contribution in [0.5, 0.6) is 5.06 Å². The summed E-state index contributed by atoms with van der Waals surface area (Å²) in [7, 11) is 0. The van der Waals surface area contributed by atoms with Gasteiger partial charge in [0.2, 0.25) is 5.91 Å². The van der Waals surface area contributed by atoms with Crippen molar-refractivity contribution in [3.05, 3.63) is 47.1 Å². The number of hydrogen-bond donors (Lipinski definition) is 1. The Labute approximate surface area is 147 Å². The van der Waals surface area contributed by atoms with Crippen molar-refractivity contribution in [1.29, 1.82) is 0 Å². The quantitative estimate of drug-likeness (QED) is 0.834. The van der Waals surface area contributed by atoms with Crippen molar-refractivity contribution in [2.45, 2.75) is 31.5 Å². The third-order valence-corrected chi connectivity index (χ3v) is 5.14. The molecular weight excluding hydrogens is 353 g/mol. The van der Waals surface area contributed by atoms with Gasteiger partial charge in [0.1, 0.15) is 0 Å². The third-order valence-electron chi connectivity index (χ3n) is 3.96. The maximum atomic E-state index is 12.3. The van der Waals surface area contributed by atoms with Crippen LogP contribution in [-0.4, -0.2) is 23.7 Å². The molecule has 2 aromatic heterocycles. The average molecular weight is 370 g/mol. The van der Waals surface area contributed by atoms with Crippen molar-refractivity contribution in [1.82, 2.24) is 10.3 Å². The molecule has 2 aromatic rings. The molecule has 1 N–H and O–H groups in total. The summed E-state index contributed by atoms with van der Waals surface area (Å²) in [6, 6.07) is 8.51. The molecule has 4 nitrogen and oxygen atoms in total. The fraction of sp³-hybridized carbons (Fsp3) is 0.412. The van der Waals surface area contributed by atoms with E-state index in [9.17, 15) is 18.0 Å². The number of nitrogens with one attached hydrogen (secondary N) is 1. The van der Waals surface area contributed by atoms with Gasteiger partial charge < -0.3 is 10.1 Å². The molecule has 8 heteroatoms. The minimum absolute atomic E-state index is 0.0608. The summed E-state index contributed by atoms with van der Waals surface area (Å²) in [5.74, 6) is -0.0185. The monoisotopic (exact) mass is 370 g/mol. The van der Waals surface area contributed by atoms with Gasteiger partial charge in [0, 0.05) is 28.6 Å². The number of carbonyl (C=O) groups excluding carboxylic acids is 1. The second-order valence-electron chi connectivity index (χ2n) is 5.99. The number of nitrogens with zero attached hydrogens (tertiary/aromatic N) is 1. The summed E-state index contributed by atoms with van der Waals surface area (Å²) in [5, 5.41) is 3.10. The molecule has 0 spiro atoms. The minimum Gasteiger partial charge on any atom is -0.475 e. The zero-order valence-corrected chi connectivity index (χ0v) is 14.2. The van der Waals surface area contributed by atoms with E-state index < -0.39 is 12.8 Å². The largest absolute Gasteiger partial charge is 0.475 e. The number of thiophene rings is 1. The fourth-order valence-electron chi connectivity index (χ4n) is 2.60. The first-order valence-corrected chi connectivity index (χ1v) is 8.66. The van der Waals surface area contributed by atoms with Gasteiger partial charge in [0.15, 0.2) is 11.7 Å². The van der Waals surface area contributed by atoms with Crippen molar-refractivity contribution >= 4 is 17.2 Å². The molecule has 1 saturated carbocycles. The van der Waals surface area contributed by atoms with E-state index in [-0.39, 0.29) is 28.8 Å². The Morgan fingerprint density at radius 3 is 2.88 bits per heavy atom. The van der Waals surface area contributed by atoms with Gasteiger partial charge in [0.25, 0.3) is 0 Å². The molecule has 0 aliphatic heterocycles. The van der Waals surface area contributed by atoms with E-state index in [2.05, 4.69) is 10.3 Å². The van der Waals surface area contributed by atoms with E-state index in [1.54, 1.807) is 19.2 Å². The van der Waals surface area contributed by atoms with Crippen LogP contribution in [0.25, 0.3) is 0 Å². The van der Waals surface area contributed by atoms with Crippen LogP contribution in [0, 0.1) is 5.92 Å². The van der Waals surface area contributed by atoms with E-state index in [0.29, 0.717) is 0 Å². The molecule has 0 radical (unpaired) electrons. The predicted octanol–water partition coefficient (Wildman–Crippen LogP) is 4.07. The molecule has 134 valence electrons. The number of pyridine rings is 1. The maximum absolute atomic E-state index is 12.3. The van der Waals surface area contributed by atoms with Crippen LogP contribution in [-0.2, 0) is 4.79 Å². The van der Waals surface area contributed by atoms with Gasteiger partial charge in [0.05, 0.1) is 6.04 Å². The summed E-state index contributed by atoms with van der Waals surface area (Å²) in [6.07, 6.45) is -1.89. The predicted molar refractivity (Wildman–Crippen MR) is 87.5 cm³/mol. The molecule has 1 fully saturated rings. The van der Waals surface area contributed by atoms with E-state index in [1.165, 1.54) is 6.07 Å². The van der Waals surface area contributed by atoms with Crippen LogP contribution < -0.4 is 10.1 Å². The molecule has 0 aromatic carbocycles. The van der Waals surface area contributed by atoms with Crippen LogP contribution in [0.1, 0.15) is 35.9 Å². The highest BCUT2D eigenvalue weighted by atomic mass is 32.1. The standard InChI is InChI=1S/C17H17F3N2O2S/c1-10(14-5-6-15(25-14)24-9-17(18,19)20)22-16(23)12-8-11(12)13-4-2-3-7-21-13/h2-7,10-12H,8-9H2,1H3,(H,22,23)/t10-,11+,12+/m1/s1. The Kier molecular flexibility index (Phi) is 4.99. The highest BCUT2D eigenvalue weighted by molar-refractivity contribution is 7.13. The number of hydrogen-bond acceptors (Lipinski definition) is 4. The molecular formula is C17H17F3N2O2S. The van der Waals surface area contributed by atoms with Gasteiger partial charge in [-0.15, -0.1) is 11.3 Å². The molecule has 0 saturated heterocycles. The number of halogens is 3. The number of ether oxygens (including phenoxy) is 1. The van der Waals surface area contributed by atoms with Crippen LogP contribution in [0.2, 0.25) is 0 Å². The lowest BCUT2D eigenvalue weighted by Crippen LogP contribution is -2.28. The van der Waals surface area contributed by atoms with Crippen molar-refractivity contribution in [2.75, 3.05) is 6.61 Å². The van der Waals surface area contributed by atoms with Crippen molar-refractivity contribution in [2.24, 2.45) is 5.92 Å². The maximum Gasteiger partial charge on any atom is 0.422 e. The van der Waals surface area contributed by atoms with Gasteiger partial charge in [-0.3, -0.25) is 9.78 Å². The summed E-state index contributed by atoms with van der Waals surface area (Å²) in [5.41, 5.74) is 0.911. The molecule has 3 atom stereocenters.